The van der Waals surface area contributed by atoms with Crippen molar-refractivity contribution in [2.45, 2.75) is 39.7 Å². The summed E-state index contributed by atoms with van der Waals surface area (Å²) in [5, 5.41) is 3.34. The van der Waals surface area contributed by atoms with Gasteiger partial charge in [0, 0.05) is 24.0 Å². The van der Waals surface area contributed by atoms with Crippen LogP contribution >= 0.6 is 0 Å². The summed E-state index contributed by atoms with van der Waals surface area (Å²) in [4.78, 5) is 8.33. The maximum absolute atomic E-state index is 5.88. The first-order valence-corrected chi connectivity index (χ1v) is 6.78. The van der Waals surface area contributed by atoms with Gasteiger partial charge in [-0.05, 0) is 30.0 Å². The van der Waals surface area contributed by atoms with Crippen LogP contribution in [-0.2, 0) is 12.0 Å². The molecular formula is C16H22N4. The molecule has 0 atom stereocenters. The lowest BCUT2D eigenvalue weighted by Gasteiger charge is -2.19. The molecule has 2 aromatic rings. The lowest BCUT2D eigenvalue weighted by atomic mass is 9.87. The molecule has 20 heavy (non-hydrogen) atoms. The number of aryl methyl sites for hydroxylation is 1. The third-order valence-electron chi connectivity index (χ3n) is 3.25. The molecule has 1 aromatic heterocycles. The summed E-state index contributed by atoms with van der Waals surface area (Å²) in [7, 11) is 0. The summed E-state index contributed by atoms with van der Waals surface area (Å²) in [5.74, 6) is 1.23. The van der Waals surface area contributed by atoms with Gasteiger partial charge in [0.2, 0.25) is 0 Å². The van der Waals surface area contributed by atoms with Crippen LogP contribution in [0.4, 0.5) is 11.5 Å². The largest absolute Gasteiger partial charge is 0.383 e. The smallest absolute Gasteiger partial charge is 0.132 e. The average Bonchev–Trinajstić information content (AvgIpc) is 2.37. The van der Waals surface area contributed by atoms with Crippen LogP contribution in [0.2, 0.25) is 0 Å². The summed E-state index contributed by atoms with van der Waals surface area (Å²) in [6.07, 6.45) is 1.77. The average molecular weight is 270 g/mol. The molecular weight excluding hydrogens is 248 g/mol. The molecule has 0 spiro atoms. The van der Waals surface area contributed by atoms with Gasteiger partial charge in [-0.15, -0.1) is 0 Å². The number of nitrogens with one attached hydrogen (secondary N) is 1. The van der Waals surface area contributed by atoms with E-state index in [1.165, 1.54) is 5.56 Å². The normalized spacial score (nSPS) is 11.4. The minimum atomic E-state index is 0.174. The summed E-state index contributed by atoms with van der Waals surface area (Å²) >= 11 is 0. The van der Waals surface area contributed by atoms with E-state index in [4.69, 9.17) is 5.73 Å². The van der Waals surface area contributed by atoms with Gasteiger partial charge in [0.25, 0.3) is 0 Å². The number of hydrogen-bond acceptors (Lipinski definition) is 4. The molecule has 106 valence electrons. The van der Waals surface area contributed by atoms with E-state index in [-0.39, 0.29) is 5.41 Å². The van der Waals surface area contributed by atoms with Crippen molar-refractivity contribution in [3.05, 3.63) is 47.4 Å². The van der Waals surface area contributed by atoms with Crippen molar-refractivity contribution in [3.63, 3.8) is 0 Å². The molecule has 0 unspecified atom stereocenters. The van der Waals surface area contributed by atoms with Crippen LogP contribution in [0.25, 0.3) is 0 Å². The van der Waals surface area contributed by atoms with Crippen molar-refractivity contribution in [3.8, 4) is 0 Å². The van der Waals surface area contributed by atoms with Crippen LogP contribution in [0.1, 0.15) is 37.7 Å². The summed E-state index contributed by atoms with van der Waals surface area (Å²) in [5.41, 5.74) is 9.35. The van der Waals surface area contributed by atoms with Gasteiger partial charge in [-0.3, -0.25) is 0 Å². The fraction of sp³-hybridized carbons (Fsp3) is 0.375. The number of nitrogen functional groups attached to an aromatic ring is 1. The van der Waals surface area contributed by atoms with E-state index in [1.807, 2.05) is 6.92 Å². The van der Waals surface area contributed by atoms with Gasteiger partial charge in [0.1, 0.15) is 11.6 Å². The zero-order valence-corrected chi connectivity index (χ0v) is 12.6. The van der Waals surface area contributed by atoms with Crippen LogP contribution in [0.5, 0.6) is 0 Å². The van der Waals surface area contributed by atoms with Crippen LogP contribution in [-0.4, -0.2) is 9.97 Å². The number of nitrogens with two attached hydrogens (primary N) is 1. The summed E-state index contributed by atoms with van der Waals surface area (Å²) in [6, 6.07) is 8.48. The van der Waals surface area contributed by atoms with E-state index in [2.05, 4.69) is 60.3 Å². The predicted octanol–water partition coefficient (Wildman–Crippen LogP) is 3.28. The number of rotatable bonds is 3. The van der Waals surface area contributed by atoms with Gasteiger partial charge in [-0.2, -0.15) is 0 Å². The van der Waals surface area contributed by atoms with Crippen molar-refractivity contribution in [2.75, 3.05) is 11.1 Å². The van der Waals surface area contributed by atoms with Crippen molar-refractivity contribution in [1.82, 2.24) is 9.97 Å². The first-order valence-electron chi connectivity index (χ1n) is 6.78. The molecule has 4 nitrogen and oxygen atoms in total. The molecule has 0 aliphatic heterocycles. The molecule has 4 heteroatoms. The Labute approximate surface area is 120 Å². The van der Waals surface area contributed by atoms with E-state index < -0.39 is 0 Å². The van der Waals surface area contributed by atoms with Gasteiger partial charge in [-0.1, -0.05) is 32.9 Å². The first-order chi connectivity index (χ1) is 9.36. The number of anilines is 2. The Hall–Kier alpha value is -2.10. The van der Waals surface area contributed by atoms with Gasteiger partial charge >= 0.3 is 0 Å². The number of hydrogen-bond donors (Lipinski definition) is 2. The Morgan fingerprint density at radius 2 is 1.80 bits per heavy atom. The SMILES string of the molecule is Cc1ncc(CNc2ccc(C(C)(C)C)cc2)c(N)n1. The van der Waals surface area contributed by atoms with E-state index in [9.17, 15) is 0 Å². The number of nitrogens with zero attached hydrogens (tertiary/aromatic N) is 2. The Bertz CT molecular complexity index is 582. The van der Waals surface area contributed by atoms with Crippen molar-refractivity contribution in [1.29, 1.82) is 0 Å². The van der Waals surface area contributed by atoms with Gasteiger partial charge in [0.05, 0.1) is 0 Å². The molecule has 0 saturated carbocycles. The molecule has 0 amide bonds. The van der Waals surface area contributed by atoms with E-state index in [0.717, 1.165) is 11.3 Å². The standard InChI is InChI=1S/C16H22N4/c1-11-18-9-12(15(17)20-11)10-19-14-7-5-13(6-8-14)16(2,3)4/h5-9,19H,10H2,1-4H3,(H2,17,18,20). The molecule has 0 saturated heterocycles. The monoisotopic (exact) mass is 270 g/mol. The summed E-state index contributed by atoms with van der Waals surface area (Å²) < 4.78 is 0. The highest BCUT2D eigenvalue weighted by atomic mass is 15.0. The predicted molar refractivity (Wildman–Crippen MR) is 83.7 cm³/mol. The zero-order valence-electron chi connectivity index (χ0n) is 12.6. The van der Waals surface area contributed by atoms with Gasteiger partial charge in [0.15, 0.2) is 0 Å². The second-order valence-electron chi connectivity index (χ2n) is 6.01. The summed E-state index contributed by atoms with van der Waals surface area (Å²) in [6.45, 7) is 9.08. The molecule has 0 fully saturated rings. The molecule has 0 radical (unpaired) electrons. The quantitative estimate of drug-likeness (QED) is 0.898. The number of aromatic nitrogens is 2. The van der Waals surface area contributed by atoms with Crippen LogP contribution in [0.15, 0.2) is 30.5 Å². The Balaban J connectivity index is 2.04. The highest BCUT2D eigenvalue weighted by Crippen LogP contribution is 2.23. The fourth-order valence-corrected chi connectivity index (χ4v) is 1.93. The van der Waals surface area contributed by atoms with Gasteiger partial charge < -0.3 is 11.1 Å². The lowest BCUT2D eigenvalue weighted by molar-refractivity contribution is 0.590. The fourth-order valence-electron chi connectivity index (χ4n) is 1.93. The van der Waals surface area contributed by atoms with E-state index >= 15 is 0 Å². The first kappa shape index (κ1) is 14.3. The molecule has 1 heterocycles. The lowest BCUT2D eigenvalue weighted by Crippen LogP contribution is -2.11. The molecule has 0 bridgehead atoms. The molecule has 1 aromatic carbocycles. The maximum Gasteiger partial charge on any atom is 0.132 e. The van der Waals surface area contributed by atoms with Crippen LogP contribution in [0.3, 0.4) is 0 Å². The topological polar surface area (TPSA) is 63.8 Å². The third kappa shape index (κ3) is 3.47. The van der Waals surface area contributed by atoms with Crippen molar-refractivity contribution >= 4 is 11.5 Å². The minimum Gasteiger partial charge on any atom is -0.383 e. The number of benzene rings is 1. The van der Waals surface area contributed by atoms with Gasteiger partial charge in [-0.25, -0.2) is 9.97 Å². The Kier molecular flexibility index (Phi) is 3.93. The molecule has 2 rings (SSSR count). The highest BCUT2D eigenvalue weighted by molar-refractivity contribution is 5.48. The van der Waals surface area contributed by atoms with Crippen molar-refractivity contribution < 1.29 is 0 Å². The van der Waals surface area contributed by atoms with Crippen LogP contribution < -0.4 is 11.1 Å². The van der Waals surface area contributed by atoms with E-state index in [0.29, 0.717) is 18.2 Å². The van der Waals surface area contributed by atoms with Crippen LogP contribution in [0, 0.1) is 6.92 Å². The maximum atomic E-state index is 5.88. The second-order valence-corrected chi connectivity index (χ2v) is 6.01. The Morgan fingerprint density at radius 3 is 2.35 bits per heavy atom. The third-order valence-corrected chi connectivity index (χ3v) is 3.25. The molecule has 0 aliphatic rings. The highest BCUT2D eigenvalue weighted by Gasteiger charge is 2.12. The molecule has 0 aliphatic carbocycles. The minimum absolute atomic E-state index is 0.174. The second kappa shape index (κ2) is 5.49. The zero-order chi connectivity index (χ0) is 14.8. The Morgan fingerprint density at radius 1 is 1.15 bits per heavy atom. The van der Waals surface area contributed by atoms with E-state index in [1.54, 1.807) is 6.20 Å². The molecule has 3 N–H and O–H groups in total. The van der Waals surface area contributed by atoms with Crippen molar-refractivity contribution in [2.24, 2.45) is 0 Å².